The lowest BCUT2D eigenvalue weighted by Crippen LogP contribution is -2.52. The molecule has 0 bridgehead atoms. The highest BCUT2D eigenvalue weighted by Crippen LogP contribution is 2.26. The second kappa shape index (κ2) is 4.64. The summed E-state index contributed by atoms with van der Waals surface area (Å²) in [6, 6.07) is 5.28. The van der Waals surface area contributed by atoms with Gasteiger partial charge in [0.25, 0.3) is 5.91 Å². The van der Waals surface area contributed by atoms with Gasteiger partial charge in [0.1, 0.15) is 6.61 Å². The number of amides is 2. The number of rotatable bonds is 1. The van der Waals surface area contributed by atoms with Crippen LogP contribution in [0.2, 0.25) is 0 Å². The third-order valence-electron chi connectivity index (χ3n) is 3.66. The molecule has 0 aliphatic carbocycles. The number of benzene rings is 1. The van der Waals surface area contributed by atoms with E-state index in [0.29, 0.717) is 25.1 Å². The average Bonchev–Trinajstić information content (AvgIpc) is 2.44. The van der Waals surface area contributed by atoms with Gasteiger partial charge in [-0.3, -0.25) is 14.8 Å². The number of nitrogens with zero attached hydrogens (tertiary/aromatic N) is 1. The summed E-state index contributed by atoms with van der Waals surface area (Å²) >= 11 is 0. The molecule has 6 nitrogen and oxygen atoms in total. The van der Waals surface area contributed by atoms with E-state index in [-0.39, 0.29) is 18.6 Å². The van der Waals surface area contributed by atoms with E-state index in [9.17, 15) is 9.59 Å². The van der Waals surface area contributed by atoms with Crippen molar-refractivity contribution in [2.75, 3.05) is 13.2 Å². The lowest BCUT2D eigenvalue weighted by Gasteiger charge is -2.39. The van der Waals surface area contributed by atoms with Gasteiger partial charge in [0.05, 0.1) is 12.6 Å². The Hall–Kier alpha value is -1.92. The van der Waals surface area contributed by atoms with Crippen molar-refractivity contribution in [1.82, 2.24) is 10.4 Å². The molecule has 0 unspecified atom stereocenters. The smallest absolute Gasteiger partial charge is 0.274 e. The van der Waals surface area contributed by atoms with E-state index in [4.69, 9.17) is 9.94 Å². The lowest BCUT2D eigenvalue weighted by atomic mass is 9.92. The highest BCUT2D eigenvalue weighted by molar-refractivity contribution is 5.93. The molecule has 1 aromatic rings. The number of carbonyl (C=O) groups excluding carboxylic acids is 2. The number of carbonyl (C=O) groups is 2. The summed E-state index contributed by atoms with van der Waals surface area (Å²) in [5, 5.41) is 8.64. The van der Waals surface area contributed by atoms with Crippen LogP contribution in [0.15, 0.2) is 18.2 Å². The molecular weight excluding hydrogens is 248 g/mol. The van der Waals surface area contributed by atoms with Crippen molar-refractivity contribution in [3.63, 3.8) is 0 Å². The van der Waals surface area contributed by atoms with Crippen LogP contribution in [-0.2, 0) is 22.5 Å². The minimum Gasteiger partial charge on any atom is -0.369 e. The van der Waals surface area contributed by atoms with E-state index < -0.39 is 5.91 Å². The van der Waals surface area contributed by atoms with Crippen LogP contribution < -0.4 is 5.48 Å². The molecule has 6 heteroatoms. The Balaban J connectivity index is 1.91. The van der Waals surface area contributed by atoms with Gasteiger partial charge in [-0.1, -0.05) is 6.07 Å². The van der Waals surface area contributed by atoms with E-state index >= 15 is 0 Å². The van der Waals surface area contributed by atoms with E-state index in [0.717, 1.165) is 11.1 Å². The summed E-state index contributed by atoms with van der Waals surface area (Å²) < 4.78 is 5.25. The Bertz CT molecular complexity index is 543. The fraction of sp³-hybridized carbons (Fsp3) is 0.385. The zero-order valence-corrected chi connectivity index (χ0v) is 10.3. The highest BCUT2D eigenvalue weighted by Gasteiger charge is 2.33. The van der Waals surface area contributed by atoms with Crippen LogP contribution in [0.4, 0.5) is 0 Å². The van der Waals surface area contributed by atoms with Gasteiger partial charge < -0.3 is 9.64 Å². The molecule has 2 N–H and O–H groups in total. The Labute approximate surface area is 109 Å². The second-order valence-electron chi connectivity index (χ2n) is 4.82. The second-order valence-corrected chi connectivity index (χ2v) is 4.82. The molecule has 0 saturated carbocycles. The normalized spacial score (nSPS) is 21.6. The number of hydrogen-bond donors (Lipinski definition) is 2. The first-order valence-electron chi connectivity index (χ1n) is 6.12. The van der Waals surface area contributed by atoms with Gasteiger partial charge in [-0.15, -0.1) is 0 Å². The zero-order valence-electron chi connectivity index (χ0n) is 10.3. The van der Waals surface area contributed by atoms with Crippen molar-refractivity contribution in [2.24, 2.45) is 0 Å². The molecule has 2 aliphatic rings. The predicted octanol–water partition coefficient (Wildman–Crippen LogP) is 0.0891. The molecule has 100 valence electrons. The molecule has 1 fully saturated rings. The highest BCUT2D eigenvalue weighted by atomic mass is 16.5. The van der Waals surface area contributed by atoms with Crippen molar-refractivity contribution in [3.8, 4) is 0 Å². The molecule has 2 amide bonds. The van der Waals surface area contributed by atoms with Crippen LogP contribution in [0.1, 0.15) is 21.5 Å². The van der Waals surface area contributed by atoms with Gasteiger partial charge in [-0.05, 0) is 29.7 Å². The number of ether oxygens (including phenoxy) is 1. The molecular formula is C13H14N2O4. The molecule has 1 saturated heterocycles. The Morgan fingerprint density at radius 1 is 1.42 bits per heavy atom. The van der Waals surface area contributed by atoms with Gasteiger partial charge >= 0.3 is 0 Å². The van der Waals surface area contributed by atoms with Crippen molar-refractivity contribution in [1.29, 1.82) is 0 Å². The number of hydroxylamine groups is 1. The summed E-state index contributed by atoms with van der Waals surface area (Å²) in [5.74, 6) is -0.514. The van der Waals surface area contributed by atoms with Gasteiger partial charge in [0, 0.05) is 12.1 Å². The van der Waals surface area contributed by atoms with Gasteiger partial charge in [-0.2, -0.15) is 0 Å². The Morgan fingerprint density at radius 2 is 2.26 bits per heavy atom. The summed E-state index contributed by atoms with van der Waals surface area (Å²) in [6.45, 7) is 1.24. The first kappa shape index (κ1) is 12.1. The quantitative estimate of drug-likeness (QED) is 0.555. The zero-order chi connectivity index (χ0) is 13.4. The first-order valence-corrected chi connectivity index (χ1v) is 6.12. The molecule has 0 aromatic heterocycles. The third kappa shape index (κ3) is 2.09. The third-order valence-corrected chi connectivity index (χ3v) is 3.66. The number of hydrogen-bond acceptors (Lipinski definition) is 4. The standard InChI is InChI=1S/C13H14N2O4/c16-12-7-19-6-11-4-10-3-8(13(17)14-18)1-2-9(10)5-15(11)12/h1-3,11,18H,4-7H2,(H,14,17)/t11-/m1/s1. The van der Waals surface area contributed by atoms with Gasteiger partial charge in [0.2, 0.25) is 5.91 Å². The largest absolute Gasteiger partial charge is 0.369 e. The molecule has 0 spiro atoms. The van der Waals surface area contributed by atoms with Crippen molar-refractivity contribution >= 4 is 11.8 Å². The maximum absolute atomic E-state index is 11.8. The summed E-state index contributed by atoms with van der Waals surface area (Å²) in [4.78, 5) is 25.0. The van der Waals surface area contributed by atoms with Crippen LogP contribution in [-0.4, -0.2) is 41.2 Å². The fourth-order valence-electron chi connectivity index (χ4n) is 2.66. The fourth-order valence-corrected chi connectivity index (χ4v) is 2.66. The lowest BCUT2D eigenvalue weighted by molar-refractivity contribution is -0.149. The molecule has 1 atom stereocenters. The van der Waals surface area contributed by atoms with E-state index in [1.54, 1.807) is 17.6 Å². The van der Waals surface area contributed by atoms with Crippen LogP contribution in [0.5, 0.6) is 0 Å². The van der Waals surface area contributed by atoms with E-state index in [1.807, 2.05) is 11.0 Å². The summed E-state index contributed by atoms with van der Waals surface area (Å²) in [5.41, 5.74) is 4.11. The van der Waals surface area contributed by atoms with E-state index in [1.165, 1.54) is 0 Å². The Kier molecular flexibility index (Phi) is 2.96. The van der Waals surface area contributed by atoms with Crippen LogP contribution in [0.3, 0.4) is 0 Å². The maximum atomic E-state index is 11.8. The number of fused-ring (bicyclic) bond motifs is 2. The SMILES string of the molecule is O=C(NO)c1ccc2c(c1)C[C@@H]1COCC(=O)N1C2. The molecule has 0 radical (unpaired) electrons. The predicted molar refractivity (Wildman–Crippen MR) is 64.6 cm³/mol. The van der Waals surface area contributed by atoms with Gasteiger partial charge in [0.15, 0.2) is 0 Å². The molecule has 2 aliphatic heterocycles. The topological polar surface area (TPSA) is 78.9 Å². The minimum atomic E-state index is -0.527. The molecule has 1 aromatic carbocycles. The van der Waals surface area contributed by atoms with Crippen molar-refractivity contribution < 1.29 is 19.5 Å². The van der Waals surface area contributed by atoms with Crippen molar-refractivity contribution in [2.45, 2.75) is 19.0 Å². The number of nitrogens with one attached hydrogen (secondary N) is 1. The Morgan fingerprint density at radius 3 is 3.05 bits per heavy atom. The van der Waals surface area contributed by atoms with Crippen molar-refractivity contribution in [3.05, 3.63) is 34.9 Å². The summed E-state index contributed by atoms with van der Waals surface area (Å²) in [6.07, 6.45) is 0.674. The average molecular weight is 262 g/mol. The minimum absolute atomic E-state index is 0.0130. The number of morpholine rings is 1. The van der Waals surface area contributed by atoms with Crippen LogP contribution in [0, 0.1) is 0 Å². The summed E-state index contributed by atoms with van der Waals surface area (Å²) in [7, 11) is 0. The van der Waals surface area contributed by atoms with Gasteiger partial charge in [-0.25, -0.2) is 5.48 Å². The molecule has 3 rings (SSSR count). The molecule has 2 heterocycles. The maximum Gasteiger partial charge on any atom is 0.274 e. The molecule has 19 heavy (non-hydrogen) atoms. The van der Waals surface area contributed by atoms with Crippen LogP contribution in [0.25, 0.3) is 0 Å². The van der Waals surface area contributed by atoms with E-state index in [2.05, 4.69) is 0 Å². The van der Waals surface area contributed by atoms with Crippen LogP contribution >= 0.6 is 0 Å². The monoisotopic (exact) mass is 262 g/mol. The first-order chi connectivity index (χ1) is 9.19.